The minimum Gasteiger partial charge on any atom is -0.507 e. The van der Waals surface area contributed by atoms with Gasteiger partial charge in [-0.1, -0.05) is 18.2 Å². The van der Waals surface area contributed by atoms with Gasteiger partial charge in [0.05, 0.1) is 23.4 Å². The number of aryl methyl sites for hydroxylation is 1. The smallest absolute Gasteiger partial charge is 0.426 e. The van der Waals surface area contributed by atoms with Crippen molar-refractivity contribution in [1.29, 1.82) is 0 Å². The van der Waals surface area contributed by atoms with Crippen LogP contribution in [-0.2, 0) is 15.1 Å². The number of carbonyl (C=O) groups is 1. The molecule has 0 radical (unpaired) electrons. The van der Waals surface area contributed by atoms with Crippen LogP contribution in [0.2, 0.25) is 0 Å². The predicted molar refractivity (Wildman–Crippen MR) is 119 cm³/mol. The fraction of sp³-hybridized carbons (Fsp3) is 0.348. The van der Waals surface area contributed by atoms with Crippen LogP contribution >= 0.6 is 0 Å². The summed E-state index contributed by atoms with van der Waals surface area (Å²) in [6.07, 6.45) is 0.415. The summed E-state index contributed by atoms with van der Waals surface area (Å²) >= 11 is 0. The zero-order chi connectivity index (χ0) is 23.6. The van der Waals surface area contributed by atoms with Gasteiger partial charge in [-0.15, -0.1) is 0 Å². The molecule has 0 bridgehead atoms. The predicted octanol–water partition coefficient (Wildman–Crippen LogP) is 2.94. The standard InChI is InChI=1S/C23H26FN5O4/c1-14-7-8-15-17(13-14)27-21(19-16(24)5-3-6-18(19)30)28-20(15)23(9-4-10-26-23)29(25)22(31)33-12-11-32-2/h3,5-8,13,26,30H,4,9-12,25H2,1-2H3/t23-/m1/s1. The molecule has 4 N–H and O–H groups in total. The van der Waals surface area contributed by atoms with Gasteiger partial charge in [-0.2, -0.15) is 0 Å². The summed E-state index contributed by atoms with van der Waals surface area (Å²) in [7, 11) is 1.50. The molecule has 10 heteroatoms. The number of halogens is 1. The Balaban J connectivity index is 1.91. The first-order valence-electron chi connectivity index (χ1n) is 10.6. The first-order valence-corrected chi connectivity index (χ1v) is 10.6. The average Bonchev–Trinajstić information content (AvgIpc) is 3.29. The van der Waals surface area contributed by atoms with Crippen LogP contribution in [0.4, 0.5) is 9.18 Å². The number of nitrogens with zero attached hydrogens (tertiary/aromatic N) is 3. The number of amides is 1. The zero-order valence-corrected chi connectivity index (χ0v) is 18.5. The van der Waals surface area contributed by atoms with E-state index in [4.69, 9.17) is 15.3 Å². The van der Waals surface area contributed by atoms with Crippen LogP contribution in [-0.4, -0.2) is 53.0 Å². The minimum absolute atomic E-state index is 0.00655. The Morgan fingerprint density at radius 2 is 2.12 bits per heavy atom. The highest BCUT2D eigenvalue weighted by molar-refractivity contribution is 5.85. The Hall–Kier alpha value is -3.34. The van der Waals surface area contributed by atoms with Crippen LogP contribution in [0.1, 0.15) is 24.1 Å². The lowest BCUT2D eigenvalue weighted by molar-refractivity contribution is 0.0244. The number of phenolic OH excluding ortho intramolecular Hbond substituents is 1. The molecule has 0 spiro atoms. The highest BCUT2D eigenvalue weighted by Crippen LogP contribution is 2.38. The number of hydrogen-bond donors (Lipinski definition) is 3. The number of nitrogens with two attached hydrogens (primary N) is 1. The molecule has 1 aliphatic heterocycles. The van der Waals surface area contributed by atoms with Crippen molar-refractivity contribution < 1.29 is 23.8 Å². The summed E-state index contributed by atoms with van der Waals surface area (Å²) in [5.41, 5.74) is 0.533. The Bertz CT molecular complexity index is 1160. The molecule has 0 aliphatic carbocycles. The molecule has 2 aromatic carbocycles. The molecule has 9 nitrogen and oxygen atoms in total. The van der Waals surface area contributed by atoms with Crippen molar-refractivity contribution in [2.24, 2.45) is 5.84 Å². The number of fused-ring (bicyclic) bond motifs is 1. The average molecular weight is 455 g/mol. The van der Waals surface area contributed by atoms with E-state index in [9.17, 15) is 14.3 Å². The lowest BCUT2D eigenvalue weighted by atomic mass is 9.97. The largest absolute Gasteiger partial charge is 0.507 e. The van der Waals surface area contributed by atoms with Crippen molar-refractivity contribution in [1.82, 2.24) is 20.3 Å². The molecule has 3 aromatic rings. The van der Waals surface area contributed by atoms with Crippen molar-refractivity contribution in [3.63, 3.8) is 0 Å². The number of phenols is 1. The Morgan fingerprint density at radius 3 is 2.82 bits per heavy atom. The van der Waals surface area contributed by atoms with Gasteiger partial charge in [0.2, 0.25) is 0 Å². The van der Waals surface area contributed by atoms with Gasteiger partial charge in [0, 0.05) is 12.5 Å². The lowest BCUT2D eigenvalue weighted by Gasteiger charge is -2.37. The lowest BCUT2D eigenvalue weighted by Crippen LogP contribution is -2.59. The van der Waals surface area contributed by atoms with E-state index in [-0.39, 0.29) is 30.4 Å². The van der Waals surface area contributed by atoms with Crippen LogP contribution in [0.3, 0.4) is 0 Å². The second-order valence-corrected chi connectivity index (χ2v) is 7.92. The third kappa shape index (κ3) is 4.20. The molecular weight excluding hydrogens is 429 g/mol. The molecule has 1 atom stereocenters. The molecule has 1 fully saturated rings. The van der Waals surface area contributed by atoms with Gasteiger partial charge < -0.3 is 14.6 Å². The van der Waals surface area contributed by atoms with Crippen LogP contribution in [0, 0.1) is 12.7 Å². The SMILES string of the molecule is COCCOC(=O)N(N)[C@@]1(c2nc(-c3c(O)cccc3F)nc3cc(C)ccc23)CCCN1. The van der Waals surface area contributed by atoms with E-state index in [1.807, 2.05) is 25.1 Å². The minimum atomic E-state index is -1.21. The number of ether oxygens (including phenoxy) is 2. The van der Waals surface area contributed by atoms with Crippen LogP contribution < -0.4 is 11.2 Å². The van der Waals surface area contributed by atoms with Gasteiger partial charge in [-0.3, -0.25) is 5.32 Å². The molecule has 2 heterocycles. The van der Waals surface area contributed by atoms with Crippen molar-refractivity contribution in [3.05, 3.63) is 53.5 Å². The number of carbonyl (C=O) groups excluding carboxylic acids is 1. The third-order valence-electron chi connectivity index (χ3n) is 5.71. The quantitative estimate of drug-likeness (QED) is 0.224. The van der Waals surface area contributed by atoms with Gasteiger partial charge in [0.15, 0.2) is 11.5 Å². The molecule has 4 rings (SSSR count). The van der Waals surface area contributed by atoms with E-state index in [0.717, 1.165) is 17.0 Å². The summed E-state index contributed by atoms with van der Waals surface area (Å²) < 4.78 is 24.9. The molecule has 1 saturated heterocycles. The maximum absolute atomic E-state index is 14.7. The Kier molecular flexibility index (Phi) is 6.41. The fourth-order valence-corrected chi connectivity index (χ4v) is 4.09. The number of aromatic hydroxyl groups is 1. The first kappa shape index (κ1) is 22.8. The van der Waals surface area contributed by atoms with Crippen molar-refractivity contribution in [2.75, 3.05) is 26.9 Å². The normalized spacial score (nSPS) is 17.9. The Labute approximate surface area is 190 Å². The topological polar surface area (TPSA) is 123 Å². The number of hydrogen-bond acceptors (Lipinski definition) is 8. The molecular formula is C23H26FN5O4. The van der Waals surface area contributed by atoms with Crippen molar-refractivity contribution >= 4 is 17.0 Å². The van der Waals surface area contributed by atoms with Gasteiger partial charge in [-0.05, 0) is 50.1 Å². The fourth-order valence-electron chi connectivity index (χ4n) is 4.09. The molecule has 1 aliphatic rings. The number of nitrogens with one attached hydrogen (secondary N) is 1. The monoisotopic (exact) mass is 455 g/mol. The summed E-state index contributed by atoms with van der Waals surface area (Å²) in [6.45, 7) is 2.76. The van der Waals surface area contributed by atoms with Crippen LogP contribution in [0.15, 0.2) is 36.4 Å². The second kappa shape index (κ2) is 9.26. The number of hydrazine groups is 1. The Morgan fingerprint density at radius 1 is 1.30 bits per heavy atom. The van der Waals surface area contributed by atoms with Gasteiger partial charge >= 0.3 is 6.09 Å². The second-order valence-electron chi connectivity index (χ2n) is 7.92. The molecule has 1 aromatic heterocycles. The maximum atomic E-state index is 14.7. The van der Waals surface area contributed by atoms with E-state index >= 15 is 0 Å². The van der Waals surface area contributed by atoms with E-state index in [0.29, 0.717) is 29.6 Å². The number of rotatable bonds is 6. The van der Waals surface area contributed by atoms with E-state index < -0.39 is 17.6 Å². The molecule has 0 unspecified atom stereocenters. The molecule has 33 heavy (non-hydrogen) atoms. The van der Waals surface area contributed by atoms with E-state index in [1.54, 1.807) is 0 Å². The summed E-state index contributed by atoms with van der Waals surface area (Å²) in [6, 6.07) is 9.57. The summed E-state index contributed by atoms with van der Waals surface area (Å²) in [4.78, 5) is 22.0. The van der Waals surface area contributed by atoms with Gasteiger partial charge in [0.1, 0.15) is 18.2 Å². The first-order chi connectivity index (χ1) is 15.9. The highest BCUT2D eigenvalue weighted by Gasteiger charge is 2.46. The van der Waals surface area contributed by atoms with Crippen LogP contribution in [0.25, 0.3) is 22.3 Å². The van der Waals surface area contributed by atoms with Gasteiger partial charge in [-0.25, -0.2) is 30.0 Å². The van der Waals surface area contributed by atoms with E-state index in [2.05, 4.69) is 15.3 Å². The number of aromatic nitrogens is 2. The summed E-state index contributed by atoms with van der Waals surface area (Å²) in [5.74, 6) is 5.36. The van der Waals surface area contributed by atoms with Gasteiger partial charge in [0.25, 0.3) is 0 Å². The molecule has 0 saturated carbocycles. The maximum Gasteiger partial charge on any atom is 0.426 e. The summed E-state index contributed by atoms with van der Waals surface area (Å²) in [5, 5.41) is 15.3. The number of benzene rings is 2. The van der Waals surface area contributed by atoms with Crippen molar-refractivity contribution in [3.8, 4) is 17.1 Å². The number of methoxy groups -OCH3 is 1. The zero-order valence-electron chi connectivity index (χ0n) is 18.5. The third-order valence-corrected chi connectivity index (χ3v) is 5.71. The van der Waals surface area contributed by atoms with Crippen molar-refractivity contribution in [2.45, 2.75) is 25.4 Å². The molecule has 1 amide bonds. The highest BCUT2D eigenvalue weighted by atomic mass is 19.1. The molecule has 174 valence electrons. The van der Waals surface area contributed by atoms with E-state index in [1.165, 1.54) is 25.3 Å². The van der Waals surface area contributed by atoms with Crippen LogP contribution in [0.5, 0.6) is 5.75 Å².